The Morgan fingerprint density at radius 1 is 1.53 bits per heavy atom. The molecule has 3 heteroatoms. The normalized spacial score (nSPS) is 20.5. The Bertz CT molecular complexity index is 334. The molecule has 2 rings (SSSR count). The van der Waals surface area contributed by atoms with E-state index in [1.807, 2.05) is 18.2 Å². The third-order valence-electron chi connectivity index (χ3n) is 2.71. The summed E-state index contributed by atoms with van der Waals surface area (Å²) in [5, 5.41) is 4.07. The van der Waals surface area contributed by atoms with Gasteiger partial charge in [0.15, 0.2) is 0 Å². The molecule has 0 aliphatic carbocycles. The van der Waals surface area contributed by atoms with Crippen LogP contribution in [-0.4, -0.2) is 19.2 Å². The van der Waals surface area contributed by atoms with E-state index in [9.17, 15) is 0 Å². The highest BCUT2D eigenvalue weighted by atomic mass is 35.5. The van der Waals surface area contributed by atoms with Crippen molar-refractivity contribution in [2.24, 2.45) is 0 Å². The third-order valence-corrected chi connectivity index (χ3v) is 2.95. The molecule has 2 nitrogen and oxygen atoms in total. The lowest BCUT2D eigenvalue weighted by molar-refractivity contribution is 0.221. The standard InChI is InChI=1S/C12H16ClNO/c1-2-9-7-10(13)3-4-12(9)15-11-5-6-14-8-11/h3-4,7,11,14H,2,5-6,8H2,1H3/t11-/m1/s1. The number of benzene rings is 1. The topological polar surface area (TPSA) is 21.3 Å². The lowest BCUT2D eigenvalue weighted by atomic mass is 10.1. The quantitative estimate of drug-likeness (QED) is 0.854. The number of aryl methyl sites for hydroxylation is 1. The zero-order valence-electron chi connectivity index (χ0n) is 8.92. The van der Waals surface area contributed by atoms with Crippen molar-refractivity contribution in [2.45, 2.75) is 25.9 Å². The van der Waals surface area contributed by atoms with Crippen molar-refractivity contribution in [3.63, 3.8) is 0 Å². The van der Waals surface area contributed by atoms with Gasteiger partial charge in [0.1, 0.15) is 11.9 Å². The van der Waals surface area contributed by atoms with E-state index in [4.69, 9.17) is 16.3 Å². The Hall–Kier alpha value is -0.730. The molecule has 0 amide bonds. The van der Waals surface area contributed by atoms with Gasteiger partial charge in [0.05, 0.1) is 0 Å². The van der Waals surface area contributed by atoms with Crippen LogP contribution in [0.5, 0.6) is 5.75 Å². The van der Waals surface area contributed by atoms with Gasteiger partial charge in [-0.05, 0) is 43.1 Å². The van der Waals surface area contributed by atoms with E-state index >= 15 is 0 Å². The Morgan fingerprint density at radius 2 is 2.40 bits per heavy atom. The molecule has 1 aliphatic heterocycles. The molecule has 0 unspecified atom stereocenters. The average Bonchev–Trinajstić information content (AvgIpc) is 2.73. The van der Waals surface area contributed by atoms with Gasteiger partial charge < -0.3 is 10.1 Å². The monoisotopic (exact) mass is 225 g/mol. The predicted molar refractivity (Wildman–Crippen MR) is 62.7 cm³/mol. The number of nitrogens with one attached hydrogen (secondary N) is 1. The fourth-order valence-electron chi connectivity index (χ4n) is 1.85. The van der Waals surface area contributed by atoms with Gasteiger partial charge >= 0.3 is 0 Å². The number of hydrogen-bond donors (Lipinski definition) is 1. The minimum Gasteiger partial charge on any atom is -0.489 e. The molecule has 82 valence electrons. The lowest BCUT2D eigenvalue weighted by Gasteiger charge is -2.15. The molecular weight excluding hydrogens is 210 g/mol. The fraction of sp³-hybridized carbons (Fsp3) is 0.500. The number of hydrogen-bond acceptors (Lipinski definition) is 2. The summed E-state index contributed by atoms with van der Waals surface area (Å²) in [4.78, 5) is 0. The highest BCUT2D eigenvalue weighted by Gasteiger charge is 2.16. The summed E-state index contributed by atoms with van der Waals surface area (Å²) in [7, 11) is 0. The molecule has 15 heavy (non-hydrogen) atoms. The van der Waals surface area contributed by atoms with E-state index in [0.29, 0.717) is 6.10 Å². The van der Waals surface area contributed by atoms with E-state index < -0.39 is 0 Å². The minimum absolute atomic E-state index is 0.316. The molecule has 1 aromatic rings. The van der Waals surface area contributed by atoms with Crippen LogP contribution in [0.4, 0.5) is 0 Å². The summed E-state index contributed by atoms with van der Waals surface area (Å²) in [6, 6.07) is 5.84. The van der Waals surface area contributed by atoms with Gasteiger partial charge in [0, 0.05) is 11.6 Å². The van der Waals surface area contributed by atoms with Crippen molar-refractivity contribution >= 4 is 11.6 Å². The van der Waals surface area contributed by atoms with E-state index in [0.717, 1.165) is 36.7 Å². The second kappa shape index (κ2) is 4.86. The van der Waals surface area contributed by atoms with Crippen molar-refractivity contribution in [2.75, 3.05) is 13.1 Å². The lowest BCUT2D eigenvalue weighted by Crippen LogP contribution is -2.20. The summed E-state index contributed by atoms with van der Waals surface area (Å²) in [6.45, 7) is 4.12. The fourth-order valence-corrected chi connectivity index (χ4v) is 2.04. The van der Waals surface area contributed by atoms with E-state index in [-0.39, 0.29) is 0 Å². The summed E-state index contributed by atoms with van der Waals surface area (Å²) >= 11 is 5.94. The van der Waals surface area contributed by atoms with Crippen LogP contribution in [0.1, 0.15) is 18.9 Å². The Morgan fingerprint density at radius 3 is 3.07 bits per heavy atom. The number of ether oxygens (including phenoxy) is 1. The van der Waals surface area contributed by atoms with Crippen LogP contribution in [0.15, 0.2) is 18.2 Å². The van der Waals surface area contributed by atoms with Crippen LogP contribution in [0.25, 0.3) is 0 Å². The van der Waals surface area contributed by atoms with Crippen LogP contribution in [-0.2, 0) is 6.42 Å². The van der Waals surface area contributed by atoms with E-state index in [1.165, 1.54) is 5.56 Å². The molecule has 1 saturated heterocycles. The first-order valence-electron chi connectivity index (χ1n) is 5.45. The van der Waals surface area contributed by atoms with Crippen molar-refractivity contribution in [1.29, 1.82) is 0 Å². The van der Waals surface area contributed by atoms with Gasteiger partial charge in [-0.1, -0.05) is 18.5 Å². The van der Waals surface area contributed by atoms with Crippen LogP contribution in [0.3, 0.4) is 0 Å². The van der Waals surface area contributed by atoms with E-state index in [2.05, 4.69) is 12.2 Å². The zero-order chi connectivity index (χ0) is 10.7. The van der Waals surface area contributed by atoms with Crippen LogP contribution < -0.4 is 10.1 Å². The molecule has 1 aliphatic rings. The second-order valence-corrected chi connectivity index (χ2v) is 4.27. The summed E-state index contributed by atoms with van der Waals surface area (Å²) in [5.74, 6) is 0.982. The minimum atomic E-state index is 0.316. The smallest absolute Gasteiger partial charge is 0.123 e. The molecule has 0 saturated carbocycles. The molecule has 0 radical (unpaired) electrons. The van der Waals surface area contributed by atoms with Gasteiger partial charge in [-0.2, -0.15) is 0 Å². The largest absolute Gasteiger partial charge is 0.489 e. The molecule has 1 fully saturated rings. The SMILES string of the molecule is CCc1cc(Cl)ccc1O[C@@H]1CCNC1. The van der Waals surface area contributed by atoms with Crippen molar-refractivity contribution in [1.82, 2.24) is 5.32 Å². The number of halogens is 1. The first kappa shape index (κ1) is 10.8. The Balaban J connectivity index is 2.12. The van der Waals surface area contributed by atoms with Crippen LogP contribution in [0.2, 0.25) is 5.02 Å². The Labute approximate surface area is 95.6 Å². The van der Waals surface area contributed by atoms with Crippen molar-refractivity contribution in [3.8, 4) is 5.75 Å². The molecule has 1 aromatic carbocycles. The Kier molecular flexibility index (Phi) is 3.49. The average molecular weight is 226 g/mol. The highest BCUT2D eigenvalue weighted by molar-refractivity contribution is 6.30. The summed E-state index contributed by atoms with van der Waals surface area (Å²) < 4.78 is 5.93. The maximum Gasteiger partial charge on any atom is 0.123 e. The van der Waals surface area contributed by atoms with Crippen LogP contribution in [0, 0.1) is 0 Å². The van der Waals surface area contributed by atoms with Gasteiger partial charge in [0.25, 0.3) is 0 Å². The molecule has 1 heterocycles. The highest BCUT2D eigenvalue weighted by Crippen LogP contribution is 2.25. The summed E-state index contributed by atoms with van der Waals surface area (Å²) in [5.41, 5.74) is 1.19. The molecule has 0 bridgehead atoms. The first-order valence-corrected chi connectivity index (χ1v) is 5.83. The van der Waals surface area contributed by atoms with E-state index in [1.54, 1.807) is 0 Å². The molecule has 0 spiro atoms. The van der Waals surface area contributed by atoms with Crippen molar-refractivity contribution < 1.29 is 4.74 Å². The first-order chi connectivity index (χ1) is 7.29. The third kappa shape index (κ3) is 2.64. The molecule has 1 atom stereocenters. The van der Waals surface area contributed by atoms with Gasteiger partial charge in [-0.25, -0.2) is 0 Å². The van der Waals surface area contributed by atoms with Gasteiger partial charge in [0.2, 0.25) is 0 Å². The predicted octanol–water partition coefficient (Wildman–Crippen LogP) is 2.64. The molecular formula is C12H16ClNO. The molecule has 1 N–H and O–H groups in total. The summed E-state index contributed by atoms with van der Waals surface area (Å²) in [6.07, 6.45) is 2.36. The van der Waals surface area contributed by atoms with Gasteiger partial charge in [-0.3, -0.25) is 0 Å². The second-order valence-electron chi connectivity index (χ2n) is 3.84. The zero-order valence-corrected chi connectivity index (χ0v) is 9.68. The van der Waals surface area contributed by atoms with Gasteiger partial charge in [-0.15, -0.1) is 0 Å². The molecule has 0 aromatic heterocycles. The van der Waals surface area contributed by atoms with Crippen LogP contribution >= 0.6 is 11.6 Å². The number of rotatable bonds is 3. The van der Waals surface area contributed by atoms with Crippen molar-refractivity contribution in [3.05, 3.63) is 28.8 Å². The maximum atomic E-state index is 5.94. The maximum absolute atomic E-state index is 5.94.